The van der Waals surface area contributed by atoms with Crippen molar-refractivity contribution in [3.05, 3.63) is 15.8 Å². The Morgan fingerprint density at radius 3 is 2.20 bits per heavy atom. The van der Waals surface area contributed by atoms with E-state index in [0.29, 0.717) is 29.3 Å². The van der Waals surface area contributed by atoms with Crippen molar-refractivity contribution in [2.75, 3.05) is 12.0 Å². The van der Waals surface area contributed by atoms with Crippen molar-refractivity contribution in [1.82, 2.24) is 0 Å². The van der Waals surface area contributed by atoms with Crippen molar-refractivity contribution >= 4 is 28.9 Å². The van der Waals surface area contributed by atoms with Crippen LogP contribution in [-0.2, 0) is 14.9 Å². The normalized spacial score (nSPS) is 27.5. The molecule has 1 heterocycles. The number of hydrogen-bond acceptors (Lipinski definition) is 5. The van der Waals surface area contributed by atoms with Crippen LogP contribution in [-0.4, -0.2) is 36.2 Å². The van der Waals surface area contributed by atoms with Crippen molar-refractivity contribution in [2.45, 2.75) is 96.6 Å². The van der Waals surface area contributed by atoms with Gasteiger partial charge in [-0.3, -0.25) is 4.79 Å². The molecule has 5 nitrogen and oxygen atoms in total. The van der Waals surface area contributed by atoms with Crippen molar-refractivity contribution in [3.63, 3.8) is 0 Å². The van der Waals surface area contributed by atoms with E-state index >= 15 is 0 Å². The highest BCUT2D eigenvalue weighted by Crippen LogP contribution is 2.42. The van der Waals surface area contributed by atoms with E-state index < -0.39 is 0 Å². The van der Waals surface area contributed by atoms with Crippen LogP contribution in [0.25, 0.3) is 0 Å². The van der Waals surface area contributed by atoms with E-state index in [2.05, 4.69) is 27.7 Å². The summed E-state index contributed by atoms with van der Waals surface area (Å²) in [7, 11) is 1.40. The van der Waals surface area contributed by atoms with Crippen LogP contribution in [0, 0.1) is 11.8 Å². The number of thiophene rings is 1. The number of esters is 1. The molecule has 1 amide bonds. The Labute approximate surface area is 184 Å². The molecule has 1 N–H and O–H groups in total. The summed E-state index contributed by atoms with van der Waals surface area (Å²) in [4.78, 5) is 30.0. The van der Waals surface area contributed by atoms with Gasteiger partial charge in [-0.15, -0.1) is 11.3 Å². The van der Waals surface area contributed by atoms with Crippen LogP contribution in [0.5, 0.6) is 0 Å². The fraction of sp³-hybridized carbons (Fsp3) is 0.750. The summed E-state index contributed by atoms with van der Waals surface area (Å²) < 4.78 is 5.09. The van der Waals surface area contributed by atoms with Crippen molar-refractivity contribution in [1.29, 1.82) is 0 Å². The van der Waals surface area contributed by atoms with Gasteiger partial charge in [0.2, 0.25) is 5.91 Å². The Kier molecular flexibility index (Phi) is 7.28. The third-order valence-corrected chi connectivity index (χ3v) is 8.25. The SMILES string of the molecule is COC(=O)c1sc(C(C)(C)C)cc1N(C(=O)C1CCC(C)CC1)C1CCC(O)CC1. The van der Waals surface area contributed by atoms with Gasteiger partial charge in [-0.2, -0.15) is 0 Å². The van der Waals surface area contributed by atoms with Crippen LogP contribution >= 0.6 is 11.3 Å². The number of anilines is 1. The Morgan fingerprint density at radius 2 is 1.67 bits per heavy atom. The van der Waals surface area contributed by atoms with Crippen molar-refractivity contribution < 1.29 is 19.4 Å². The minimum atomic E-state index is -0.378. The zero-order chi connectivity index (χ0) is 22.1. The molecule has 3 rings (SSSR count). The fourth-order valence-electron chi connectivity index (χ4n) is 4.68. The monoisotopic (exact) mass is 435 g/mol. The number of carbonyl (C=O) groups is 2. The first kappa shape index (κ1) is 23.3. The smallest absolute Gasteiger partial charge is 0.350 e. The van der Waals surface area contributed by atoms with Crippen LogP contribution in [0.1, 0.15) is 93.6 Å². The Bertz CT molecular complexity index is 750. The van der Waals surface area contributed by atoms with E-state index in [1.54, 1.807) is 0 Å². The number of aliphatic hydroxyl groups is 1. The number of amides is 1. The molecule has 2 saturated carbocycles. The summed E-state index contributed by atoms with van der Waals surface area (Å²) in [5.41, 5.74) is 0.588. The third-order valence-electron chi connectivity index (χ3n) is 6.72. The standard InChI is InChI=1S/C24H37NO4S/c1-15-6-8-16(9-7-15)22(27)25(17-10-12-18(26)13-11-17)19-14-20(24(2,3)4)30-21(19)23(28)29-5/h14-18,26H,6-13H2,1-5H3. The molecule has 0 spiro atoms. The van der Waals surface area contributed by atoms with Gasteiger partial charge in [0.15, 0.2) is 0 Å². The zero-order valence-corrected chi connectivity index (χ0v) is 19.9. The first-order valence-electron chi connectivity index (χ1n) is 11.4. The lowest BCUT2D eigenvalue weighted by Crippen LogP contribution is -2.47. The molecule has 0 atom stereocenters. The average molecular weight is 436 g/mol. The van der Waals surface area contributed by atoms with Gasteiger partial charge >= 0.3 is 5.97 Å². The molecule has 2 aliphatic rings. The number of hydrogen-bond donors (Lipinski definition) is 1. The summed E-state index contributed by atoms with van der Waals surface area (Å²) in [6, 6.07) is 2.05. The summed E-state index contributed by atoms with van der Waals surface area (Å²) in [5, 5.41) is 10.0. The maximum absolute atomic E-state index is 13.8. The van der Waals surface area contributed by atoms with Crippen LogP contribution in [0.2, 0.25) is 0 Å². The fourth-order valence-corrected chi connectivity index (χ4v) is 5.81. The summed E-state index contributed by atoms with van der Waals surface area (Å²) >= 11 is 1.44. The molecule has 2 fully saturated rings. The minimum Gasteiger partial charge on any atom is -0.465 e. The largest absolute Gasteiger partial charge is 0.465 e. The van der Waals surface area contributed by atoms with Gasteiger partial charge in [0.25, 0.3) is 0 Å². The number of rotatable bonds is 4. The molecule has 2 aliphatic carbocycles. The van der Waals surface area contributed by atoms with Crippen LogP contribution in [0.4, 0.5) is 5.69 Å². The van der Waals surface area contributed by atoms with Crippen LogP contribution in [0.3, 0.4) is 0 Å². The second-order valence-corrected chi connectivity index (χ2v) is 11.2. The minimum absolute atomic E-state index is 0.0107. The lowest BCUT2D eigenvalue weighted by molar-refractivity contribution is -0.124. The van der Waals surface area contributed by atoms with E-state index in [-0.39, 0.29) is 35.4 Å². The molecular weight excluding hydrogens is 398 g/mol. The average Bonchev–Trinajstić information content (AvgIpc) is 3.15. The van der Waals surface area contributed by atoms with Crippen LogP contribution in [0.15, 0.2) is 6.07 Å². The number of methoxy groups -OCH3 is 1. The predicted octanol–water partition coefficient (Wildman–Crippen LogP) is 5.30. The van der Waals surface area contributed by atoms with Crippen molar-refractivity contribution in [2.24, 2.45) is 11.8 Å². The zero-order valence-electron chi connectivity index (χ0n) is 19.1. The summed E-state index contributed by atoms with van der Waals surface area (Å²) in [6.45, 7) is 8.62. The Balaban J connectivity index is 2.02. The molecule has 30 heavy (non-hydrogen) atoms. The lowest BCUT2D eigenvalue weighted by atomic mass is 9.81. The first-order chi connectivity index (χ1) is 14.1. The van der Waals surface area contributed by atoms with E-state index in [4.69, 9.17) is 4.74 Å². The summed E-state index contributed by atoms with van der Waals surface area (Å²) in [6.07, 6.45) is 6.60. The van der Waals surface area contributed by atoms with E-state index in [0.717, 1.165) is 43.4 Å². The highest BCUT2D eigenvalue weighted by Gasteiger charge is 2.38. The number of nitrogens with zero attached hydrogens (tertiary/aromatic N) is 1. The maximum Gasteiger partial charge on any atom is 0.350 e. The van der Waals surface area contributed by atoms with Gasteiger partial charge in [-0.1, -0.05) is 27.7 Å². The number of aliphatic hydroxyl groups excluding tert-OH is 1. The van der Waals surface area contributed by atoms with Gasteiger partial charge < -0.3 is 14.7 Å². The molecule has 0 aromatic carbocycles. The molecule has 0 radical (unpaired) electrons. The highest BCUT2D eigenvalue weighted by molar-refractivity contribution is 7.14. The Morgan fingerprint density at radius 1 is 1.07 bits per heavy atom. The highest BCUT2D eigenvalue weighted by atomic mass is 32.1. The molecule has 0 unspecified atom stereocenters. The van der Waals surface area contributed by atoms with Crippen molar-refractivity contribution in [3.8, 4) is 0 Å². The quantitative estimate of drug-likeness (QED) is 0.652. The lowest BCUT2D eigenvalue weighted by Gasteiger charge is -2.39. The van der Waals surface area contributed by atoms with E-state index in [9.17, 15) is 14.7 Å². The maximum atomic E-state index is 13.8. The van der Waals surface area contributed by atoms with Gasteiger partial charge in [-0.05, 0) is 68.8 Å². The van der Waals surface area contributed by atoms with Crippen LogP contribution < -0.4 is 4.90 Å². The molecule has 168 valence electrons. The molecule has 6 heteroatoms. The summed E-state index contributed by atoms with van der Waals surface area (Å²) in [5.74, 6) is 0.450. The third kappa shape index (κ3) is 5.08. The second-order valence-electron chi connectivity index (χ2n) is 10.2. The predicted molar refractivity (Wildman–Crippen MR) is 121 cm³/mol. The Hall–Kier alpha value is -1.40. The van der Waals surface area contributed by atoms with Gasteiger partial charge in [-0.25, -0.2) is 4.79 Å². The van der Waals surface area contributed by atoms with E-state index in [1.807, 2.05) is 11.0 Å². The molecule has 1 aromatic rings. The van der Waals surface area contributed by atoms with Gasteiger partial charge in [0, 0.05) is 16.8 Å². The number of ether oxygens (including phenoxy) is 1. The van der Waals surface area contributed by atoms with Gasteiger partial charge in [0.1, 0.15) is 4.88 Å². The molecule has 0 bridgehead atoms. The van der Waals surface area contributed by atoms with E-state index in [1.165, 1.54) is 18.4 Å². The topological polar surface area (TPSA) is 66.8 Å². The number of carbonyl (C=O) groups excluding carboxylic acids is 2. The molecule has 0 saturated heterocycles. The first-order valence-corrected chi connectivity index (χ1v) is 12.2. The molecule has 0 aliphatic heterocycles. The molecule has 1 aromatic heterocycles. The second kappa shape index (κ2) is 9.39. The molecular formula is C24H37NO4S. The van der Waals surface area contributed by atoms with Gasteiger partial charge in [0.05, 0.1) is 18.9 Å².